The molecule has 1 aromatic heterocycles. The molecule has 4 nitrogen and oxygen atoms in total. The zero-order chi connectivity index (χ0) is 15.2. The van der Waals surface area contributed by atoms with Gasteiger partial charge in [0, 0.05) is 12.8 Å². The number of hydrogen-bond acceptors (Lipinski definition) is 4. The van der Waals surface area contributed by atoms with E-state index in [4.69, 9.17) is 4.74 Å². The van der Waals surface area contributed by atoms with Crippen molar-refractivity contribution in [1.29, 1.82) is 0 Å². The fraction of sp³-hybridized carbons (Fsp3) is 0.375. The molecule has 0 aliphatic carbocycles. The van der Waals surface area contributed by atoms with Gasteiger partial charge in [0.1, 0.15) is 6.61 Å². The number of esters is 1. The molecule has 2 rings (SSSR count). The topological polar surface area (TPSA) is 44.1 Å². The first-order valence-electron chi connectivity index (χ1n) is 6.90. The van der Waals surface area contributed by atoms with Crippen LogP contribution in [0.1, 0.15) is 18.2 Å². The molecule has 0 radical (unpaired) electrons. The van der Waals surface area contributed by atoms with Crippen molar-refractivity contribution in [3.05, 3.63) is 47.7 Å². The van der Waals surface area contributed by atoms with Crippen LogP contribution in [-0.2, 0) is 23.2 Å². The third-order valence-electron chi connectivity index (χ3n) is 3.07. The molecule has 0 fully saturated rings. The number of carbonyl (C=O) groups is 1. The Hall–Kier alpha value is -1.75. The summed E-state index contributed by atoms with van der Waals surface area (Å²) in [6, 6.07) is 11.7. The number of hydrogen-bond donors (Lipinski definition) is 0. The molecule has 5 heteroatoms. The van der Waals surface area contributed by atoms with E-state index in [1.807, 2.05) is 62.0 Å². The monoisotopic (exact) mass is 304 g/mol. The molecule has 1 atom stereocenters. The maximum absolute atomic E-state index is 12.0. The maximum atomic E-state index is 12.0. The van der Waals surface area contributed by atoms with Crippen molar-refractivity contribution in [2.45, 2.75) is 25.5 Å². The molecule has 1 aromatic carbocycles. The van der Waals surface area contributed by atoms with Crippen molar-refractivity contribution in [2.75, 3.05) is 5.75 Å². The second-order valence-electron chi connectivity index (χ2n) is 5.05. The number of carbonyl (C=O) groups excluding carboxylic acids is 1. The molecule has 1 unspecified atom stereocenters. The summed E-state index contributed by atoms with van der Waals surface area (Å²) in [6.07, 6.45) is 0. The normalized spacial score (nSPS) is 12.1. The molecule has 0 bridgehead atoms. The van der Waals surface area contributed by atoms with Crippen molar-refractivity contribution in [3.63, 3.8) is 0 Å². The highest BCUT2D eigenvalue weighted by molar-refractivity contribution is 7.99. The van der Waals surface area contributed by atoms with Crippen LogP contribution in [0.4, 0.5) is 0 Å². The van der Waals surface area contributed by atoms with Crippen molar-refractivity contribution < 1.29 is 9.53 Å². The standard InChI is InChI=1S/C16H20N2O2S/c1-12(11-21-15-9-13(2)17-18(15)3)16(19)20-10-14-7-5-4-6-8-14/h4-9,12H,10-11H2,1-3H3. The molecular formula is C16H20N2O2S. The van der Waals surface area contributed by atoms with E-state index >= 15 is 0 Å². The van der Waals surface area contributed by atoms with E-state index in [-0.39, 0.29) is 11.9 Å². The lowest BCUT2D eigenvalue weighted by Gasteiger charge is -2.11. The van der Waals surface area contributed by atoms with Crippen LogP contribution >= 0.6 is 11.8 Å². The lowest BCUT2D eigenvalue weighted by atomic mass is 10.2. The quantitative estimate of drug-likeness (QED) is 0.607. The molecule has 21 heavy (non-hydrogen) atoms. The van der Waals surface area contributed by atoms with Crippen molar-refractivity contribution in [1.82, 2.24) is 9.78 Å². The van der Waals surface area contributed by atoms with Gasteiger partial charge in [-0.15, -0.1) is 11.8 Å². The summed E-state index contributed by atoms with van der Waals surface area (Å²) >= 11 is 1.63. The van der Waals surface area contributed by atoms with Crippen LogP contribution in [-0.4, -0.2) is 21.5 Å². The first-order chi connectivity index (χ1) is 10.1. The number of rotatable bonds is 6. The zero-order valence-electron chi connectivity index (χ0n) is 12.6. The fourth-order valence-corrected chi connectivity index (χ4v) is 2.91. The minimum absolute atomic E-state index is 0.145. The number of aryl methyl sites for hydroxylation is 2. The van der Waals surface area contributed by atoms with Crippen LogP contribution in [0.15, 0.2) is 41.4 Å². The van der Waals surface area contributed by atoms with E-state index in [0.29, 0.717) is 12.4 Å². The fourth-order valence-electron chi connectivity index (χ4n) is 1.87. The largest absolute Gasteiger partial charge is 0.461 e. The van der Waals surface area contributed by atoms with Crippen LogP contribution in [0.5, 0.6) is 0 Å². The minimum atomic E-state index is -0.162. The summed E-state index contributed by atoms with van der Waals surface area (Å²) < 4.78 is 7.17. The molecule has 0 aliphatic rings. The van der Waals surface area contributed by atoms with E-state index in [1.54, 1.807) is 11.8 Å². The highest BCUT2D eigenvalue weighted by Gasteiger charge is 2.16. The summed E-state index contributed by atoms with van der Waals surface area (Å²) in [6.45, 7) is 4.19. The summed E-state index contributed by atoms with van der Waals surface area (Å²) in [5, 5.41) is 5.35. The van der Waals surface area contributed by atoms with Crippen LogP contribution in [0.25, 0.3) is 0 Å². The van der Waals surface area contributed by atoms with Crippen LogP contribution in [0.2, 0.25) is 0 Å². The molecule has 0 N–H and O–H groups in total. The van der Waals surface area contributed by atoms with E-state index in [0.717, 1.165) is 16.3 Å². The Labute approximate surface area is 129 Å². The van der Waals surface area contributed by atoms with E-state index in [9.17, 15) is 4.79 Å². The van der Waals surface area contributed by atoms with Crippen molar-refractivity contribution >= 4 is 17.7 Å². The van der Waals surface area contributed by atoms with Crippen LogP contribution in [0, 0.1) is 12.8 Å². The third-order valence-corrected chi connectivity index (χ3v) is 4.41. The van der Waals surface area contributed by atoms with Gasteiger partial charge in [-0.05, 0) is 18.6 Å². The zero-order valence-corrected chi connectivity index (χ0v) is 13.4. The molecule has 0 saturated carbocycles. The average molecular weight is 304 g/mol. The first-order valence-corrected chi connectivity index (χ1v) is 7.89. The summed E-state index contributed by atoms with van der Waals surface area (Å²) in [7, 11) is 1.91. The van der Waals surface area contributed by atoms with Gasteiger partial charge < -0.3 is 4.74 Å². The molecule has 0 spiro atoms. The lowest BCUT2D eigenvalue weighted by Crippen LogP contribution is -2.17. The molecule has 0 amide bonds. The van der Waals surface area contributed by atoms with Crippen molar-refractivity contribution in [3.8, 4) is 0 Å². The average Bonchev–Trinajstić information content (AvgIpc) is 2.81. The number of nitrogens with zero attached hydrogens (tertiary/aromatic N) is 2. The number of benzene rings is 1. The molecule has 1 heterocycles. The van der Waals surface area contributed by atoms with E-state index in [1.165, 1.54) is 0 Å². The van der Waals surface area contributed by atoms with Gasteiger partial charge in [-0.25, -0.2) is 0 Å². The Bertz CT molecular complexity index is 596. The van der Waals surface area contributed by atoms with Gasteiger partial charge in [0.25, 0.3) is 0 Å². The maximum Gasteiger partial charge on any atom is 0.309 e. The van der Waals surface area contributed by atoms with Gasteiger partial charge in [0.15, 0.2) is 0 Å². The SMILES string of the molecule is Cc1cc(SCC(C)C(=O)OCc2ccccc2)n(C)n1. The van der Waals surface area contributed by atoms with Gasteiger partial charge in [0.05, 0.1) is 16.6 Å². The Morgan fingerprint density at radius 2 is 2.10 bits per heavy atom. The predicted molar refractivity (Wildman–Crippen MR) is 84.1 cm³/mol. The highest BCUT2D eigenvalue weighted by Crippen LogP contribution is 2.21. The Balaban J connectivity index is 1.78. The van der Waals surface area contributed by atoms with Crippen LogP contribution < -0.4 is 0 Å². The molecule has 0 saturated heterocycles. The second kappa shape index (κ2) is 7.31. The van der Waals surface area contributed by atoms with Crippen molar-refractivity contribution in [2.24, 2.45) is 13.0 Å². The van der Waals surface area contributed by atoms with Crippen LogP contribution in [0.3, 0.4) is 0 Å². The molecule has 112 valence electrons. The Morgan fingerprint density at radius 3 is 2.71 bits per heavy atom. The van der Waals surface area contributed by atoms with Gasteiger partial charge in [-0.2, -0.15) is 5.10 Å². The predicted octanol–water partition coefficient (Wildman–Crippen LogP) is 3.20. The molecule has 0 aliphatic heterocycles. The molecular weight excluding hydrogens is 284 g/mol. The summed E-state index contributed by atoms with van der Waals surface area (Å²) in [5.74, 6) is 0.381. The lowest BCUT2D eigenvalue weighted by molar-refractivity contribution is -0.148. The molecule has 2 aromatic rings. The number of thioether (sulfide) groups is 1. The number of ether oxygens (including phenoxy) is 1. The second-order valence-corrected chi connectivity index (χ2v) is 6.09. The Morgan fingerprint density at radius 1 is 1.38 bits per heavy atom. The summed E-state index contributed by atoms with van der Waals surface area (Å²) in [5.41, 5.74) is 1.99. The third kappa shape index (κ3) is 4.63. The number of aromatic nitrogens is 2. The van der Waals surface area contributed by atoms with Gasteiger partial charge in [0.2, 0.25) is 0 Å². The van der Waals surface area contributed by atoms with Gasteiger partial charge >= 0.3 is 5.97 Å². The highest BCUT2D eigenvalue weighted by atomic mass is 32.2. The minimum Gasteiger partial charge on any atom is -0.461 e. The summed E-state index contributed by atoms with van der Waals surface area (Å²) in [4.78, 5) is 12.0. The smallest absolute Gasteiger partial charge is 0.309 e. The van der Waals surface area contributed by atoms with E-state index < -0.39 is 0 Å². The first kappa shape index (κ1) is 15.6. The Kier molecular flexibility index (Phi) is 5.44. The van der Waals surface area contributed by atoms with E-state index in [2.05, 4.69) is 5.10 Å². The van der Waals surface area contributed by atoms with Gasteiger partial charge in [-0.1, -0.05) is 37.3 Å². The van der Waals surface area contributed by atoms with Gasteiger partial charge in [-0.3, -0.25) is 9.48 Å².